The number of fused-ring (bicyclic) bond motifs is 1. The van der Waals surface area contributed by atoms with E-state index in [0.29, 0.717) is 11.4 Å². The Labute approximate surface area is 141 Å². The van der Waals surface area contributed by atoms with Gasteiger partial charge in [0.2, 0.25) is 5.91 Å². The standard InChI is InChI=1S/C19H20N2O3/c1-12-8-9-13(2)15(10-12)20-19(23)18-11-21(14(3)22)16-6-4-5-7-17(16)24-18/h4-10,18H,11H2,1-3H3,(H,20,23). The van der Waals surface area contributed by atoms with Gasteiger partial charge in [0.1, 0.15) is 5.75 Å². The number of carbonyl (C=O) groups is 2. The molecule has 3 rings (SSSR count). The van der Waals surface area contributed by atoms with Gasteiger partial charge in [0.25, 0.3) is 5.91 Å². The molecule has 1 aliphatic rings. The molecular weight excluding hydrogens is 304 g/mol. The van der Waals surface area contributed by atoms with Crippen molar-refractivity contribution in [2.24, 2.45) is 0 Å². The first-order chi connectivity index (χ1) is 11.5. The average molecular weight is 324 g/mol. The van der Waals surface area contributed by atoms with Crippen molar-refractivity contribution in [3.63, 3.8) is 0 Å². The summed E-state index contributed by atoms with van der Waals surface area (Å²) in [6.45, 7) is 5.60. The summed E-state index contributed by atoms with van der Waals surface area (Å²) in [5, 5.41) is 2.91. The number of amides is 2. The molecule has 0 aliphatic carbocycles. The molecule has 1 aliphatic heterocycles. The first-order valence-electron chi connectivity index (χ1n) is 7.87. The third-order valence-corrected chi connectivity index (χ3v) is 4.10. The van der Waals surface area contributed by atoms with Gasteiger partial charge in [0.15, 0.2) is 6.10 Å². The van der Waals surface area contributed by atoms with Crippen LogP contribution in [0.25, 0.3) is 0 Å². The van der Waals surface area contributed by atoms with E-state index in [1.807, 2.05) is 50.2 Å². The zero-order chi connectivity index (χ0) is 17.3. The maximum absolute atomic E-state index is 12.6. The van der Waals surface area contributed by atoms with Gasteiger partial charge in [0.05, 0.1) is 12.2 Å². The van der Waals surface area contributed by atoms with Crippen molar-refractivity contribution in [2.75, 3.05) is 16.8 Å². The van der Waals surface area contributed by atoms with Crippen molar-refractivity contribution in [1.29, 1.82) is 0 Å². The summed E-state index contributed by atoms with van der Waals surface area (Å²) in [5.41, 5.74) is 3.50. The Balaban J connectivity index is 1.84. The van der Waals surface area contributed by atoms with Crippen molar-refractivity contribution in [3.05, 3.63) is 53.6 Å². The van der Waals surface area contributed by atoms with Crippen LogP contribution in [0.4, 0.5) is 11.4 Å². The van der Waals surface area contributed by atoms with Gasteiger partial charge < -0.3 is 15.0 Å². The fourth-order valence-electron chi connectivity index (χ4n) is 2.75. The second kappa shape index (κ2) is 6.35. The lowest BCUT2D eigenvalue weighted by Gasteiger charge is -2.33. The molecule has 0 radical (unpaired) electrons. The van der Waals surface area contributed by atoms with Gasteiger partial charge in [-0.05, 0) is 43.2 Å². The maximum Gasteiger partial charge on any atom is 0.267 e. The van der Waals surface area contributed by atoms with E-state index in [4.69, 9.17) is 4.74 Å². The molecule has 1 N–H and O–H groups in total. The molecule has 1 atom stereocenters. The second-order valence-electron chi connectivity index (χ2n) is 6.01. The lowest BCUT2D eigenvalue weighted by atomic mass is 10.1. The van der Waals surface area contributed by atoms with E-state index >= 15 is 0 Å². The molecule has 0 saturated heterocycles. The minimum absolute atomic E-state index is 0.115. The summed E-state index contributed by atoms with van der Waals surface area (Å²) in [5.74, 6) is 0.166. The highest BCUT2D eigenvalue weighted by atomic mass is 16.5. The summed E-state index contributed by atoms with van der Waals surface area (Å²) in [6, 6.07) is 13.1. The van der Waals surface area contributed by atoms with Crippen LogP contribution in [0.3, 0.4) is 0 Å². The Morgan fingerprint density at radius 1 is 1.17 bits per heavy atom. The Hall–Kier alpha value is -2.82. The topological polar surface area (TPSA) is 58.6 Å². The molecule has 0 aromatic heterocycles. The molecule has 1 unspecified atom stereocenters. The molecular formula is C19H20N2O3. The van der Waals surface area contributed by atoms with Gasteiger partial charge >= 0.3 is 0 Å². The molecule has 0 bridgehead atoms. The highest BCUT2D eigenvalue weighted by molar-refractivity contribution is 5.99. The first kappa shape index (κ1) is 16.1. The van der Waals surface area contributed by atoms with Gasteiger partial charge in [-0.2, -0.15) is 0 Å². The number of ether oxygens (including phenoxy) is 1. The van der Waals surface area contributed by atoms with Gasteiger partial charge in [-0.25, -0.2) is 0 Å². The van der Waals surface area contributed by atoms with Crippen LogP contribution in [0.5, 0.6) is 5.75 Å². The number of carbonyl (C=O) groups excluding carboxylic acids is 2. The Kier molecular flexibility index (Phi) is 4.25. The quantitative estimate of drug-likeness (QED) is 0.923. The summed E-state index contributed by atoms with van der Waals surface area (Å²) in [4.78, 5) is 26.1. The summed E-state index contributed by atoms with van der Waals surface area (Å²) >= 11 is 0. The summed E-state index contributed by atoms with van der Waals surface area (Å²) < 4.78 is 5.81. The number of nitrogens with zero attached hydrogens (tertiary/aromatic N) is 1. The molecule has 124 valence electrons. The van der Waals surface area contributed by atoms with E-state index in [2.05, 4.69) is 5.32 Å². The van der Waals surface area contributed by atoms with Crippen LogP contribution >= 0.6 is 0 Å². The van der Waals surface area contributed by atoms with E-state index in [9.17, 15) is 9.59 Å². The number of hydrogen-bond donors (Lipinski definition) is 1. The van der Waals surface area contributed by atoms with E-state index < -0.39 is 6.10 Å². The molecule has 1 heterocycles. The molecule has 0 saturated carbocycles. The van der Waals surface area contributed by atoms with Crippen molar-refractivity contribution >= 4 is 23.2 Å². The van der Waals surface area contributed by atoms with E-state index in [1.54, 1.807) is 11.0 Å². The normalized spacial score (nSPS) is 16.1. The van der Waals surface area contributed by atoms with Gasteiger partial charge in [-0.15, -0.1) is 0 Å². The van der Waals surface area contributed by atoms with Crippen LogP contribution in [-0.4, -0.2) is 24.5 Å². The molecule has 5 heteroatoms. The highest BCUT2D eigenvalue weighted by Gasteiger charge is 2.32. The largest absolute Gasteiger partial charge is 0.476 e. The van der Waals surface area contributed by atoms with Gasteiger partial charge in [-0.3, -0.25) is 9.59 Å². The minimum Gasteiger partial charge on any atom is -0.476 e. The van der Waals surface area contributed by atoms with Crippen LogP contribution in [0, 0.1) is 13.8 Å². The zero-order valence-electron chi connectivity index (χ0n) is 14.0. The number of nitrogens with one attached hydrogen (secondary N) is 1. The van der Waals surface area contributed by atoms with Crippen LogP contribution in [0.15, 0.2) is 42.5 Å². The van der Waals surface area contributed by atoms with Crippen molar-refractivity contribution in [1.82, 2.24) is 0 Å². The van der Waals surface area contributed by atoms with Gasteiger partial charge in [-0.1, -0.05) is 24.3 Å². The molecule has 24 heavy (non-hydrogen) atoms. The molecule has 0 spiro atoms. The Morgan fingerprint density at radius 3 is 2.67 bits per heavy atom. The van der Waals surface area contributed by atoms with E-state index in [-0.39, 0.29) is 18.4 Å². The predicted molar refractivity (Wildman–Crippen MR) is 93.4 cm³/mol. The lowest BCUT2D eigenvalue weighted by Crippen LogP contribution is -2.48. The second-order valence-corrected chi connectivity index (χ2v) is 6.01. The monoisotopic (exact) mass is 324 g/mol. The first-order valence-corrected chi connectivity index (χ1v) is 7.87. The average Bonchev–Trinajstić information content (AvgIpc) is 2.57. The number of aryl methyl sites for hydroxylation is 2. The predicted octanol–water partition coefficient (Wildman–Crippen LogP) is 3.06. The van der Waals surface area contributed by atoms with Crippen molar-refractivity contribution in [2.45, 2.75) is 26.9 Å². The fourth-order valence-corrected chi connectivity index (χ4v) is 2.75. The van der Waals surface area contributed by atoms with Crippen LogP contribution in [-0.2, 0) is 9.59 Å². The SMILES string of the molecule is CC(=O)N1CC(C(=O)Nc2cc(C)ccc2C)Oc2ccccc21. The van der Waals surface area contributed by atoms with Crippen molar-refractivity contribution in [3.8, 4) is 5.75 Å². The molecule has 5 nitrogen and oxygen atoms in total. The maximum atomic E-state index is 12.6. The zero-order valence-corrected chi connectivity index (χ0v) is 14.0. The number of rotatable bonds is 2. The van der Waals surface area contributed by atoms with Crippen LogP contribution in [0.2, 0.25) is 0 Å². The smallest absolute Gasteiger partial charge is 0.267 e. The molecule has 2 amide bonds. The molecule has 2 aromatic rings. The van der Waals surface area contributed by atoms with Crippen LogP contribution < -0.4 is 15.0 Å². The number of hydrogen-bond acceptors (Lipinski definition) is 3. The van der Waals surface area contributed by atoms with E-state index in [0.717, 1.165) is 16.8 Å². The van der Waals surface area contributed by atoms with E-state index in [1.165, 1.54) is 6.92 Å². The fraction of sp³-hybridized carbons (Fsp3) is 0.263. The van der Waals surface area contributed by atoms with Crippen LogP contribution in [0.1, 0.15) is 18.1 Å². The summed E-state index contributed by atoms with van der Waals surface area (Å²) in [7, 11) is 0. The summed E-state index contributed by atoms with van der Waals surface area (Å²) in [6.07, 6.45) is -0.747. The highest BCUT2D eigenvalue weighted by Crippen LogP contribution is 2.33. The number of benzene rings is 2. The Morgan fingerprint density at radius 2 is 1.92 bits per heavy atom. The van der Waals surface area contributed by atoms with Crippen molar-refractivity contribution < 1.29 is 14.3 Å². The third kappa shape index (κ3) is 3.11. The third-order valence-electron chi connectivity index (χ3n) is 4.10. The molecule has 0 fully saturated rings. The minimum atomic E-state index is -0.747. The number of para-hydroxylation sites is 2. The van der Waals surface area contributed by atoms with Gasteiger partial charge in [0, 0.05) is 12.6 Å². The number of anilines is 2. The Bertz CT molecular complexity index is 801. The molecule has 2 aromatic carbocycles. The lowest BCUT2D eigenvalue weighted by molar-refractivity contribution is -0.123.